The fourth-order valence-corrected chi connectivity index (χ4v) is 4.91. The summed E-state index contributed by atoms with van der Waals surface area (Å²) in [5, 5.41) is 6.08. The minimum atomic E-state index is -0.768. The molecule has 3 amide bonds. The molecule has 2 saturated carbocycles. The fraction of sp³-hybridized carbons (Fsp3) is 0.690. The number of hydrogen-bond acceptors (Lipinski definition) is 4. The van der Waals surface area contributed by atoms with Crippen LogP contribution in [0.1, 0.15) is 103 Å². The highest BCUT2D eigenvalue weighted by molar-refractivity contribution is 5.92. The van der Waals surface area contributed by atoms with Gasteiger partial charge in [-0.1, -0.05) is 62.9 Å². The highest BCUT2D eigenvalue weighted by Gasteiger charge is 2.44. The first-order valence-electron chi connectivity index (χ1n) is 13.6. The molecule has 7 nitrogen and oxygen atoms in total. The van der Waals surface area contributed by atoms with Gasteiger partial charge in [-0.3, -0.25) is 9.59 Å². The number of carbonyl (C=O) groups is 3. The summed E-state index contributed by atoms with van der Waals surface area (Å²) in [5.74, 6) is -0.183. The lowest BCUT2D eigenvalue weighted by atomic mass is 9.94. The minimum absolute atomic E-state index is 0.0176. The van der Waals surface area contributed by atoms with E-state index < -0.39 is 23.8 Å². The zero-order chi connectivity index (χ0) is 26.5. The fourth-order valence-electron chi connectivity index (χ4n) is 4.91. The molecule has 200 valence electrons. The second-order valence-corrected chi connectivity index (χ2v) is 12.0. The van der Waals surface area contributed by atoms with Crippen LogP contribution in [-0.2, 0) is 14.3 Å². The Balaban J connectivity index is 1.91. The average molecular weight is 500 g/mol. The summed E-state index contributed by atoms with van der Waals surface area (Å²) < 4.78 is 5.46. The van der Waals surface area contributed by atoms with E-state index in [1.165, 1.54) is 6.42 Å². The van der Waals surface area contributed by atoms with E-state index >= 15 is 0 Å². The number of alkyl carbamates (subject to hydrolysis) is 1. The molecule has 2 aliphatic carbocycles. The van der Waals surface area contributed by atoms with Gasteiger partial charge in [-0.15, -0.1) is 0 Å². The summed E-state index contributed by atoms with van der Waals surface area (Å²) in [4.78, 5) is 42.3. The Kier molecular flexibility index (Phi) is 9.42. The molecule has 0 radical (unpaired) electrons. The predicted octanol–water partition coefficient (Wildman–Crippen LogP) is 5.42. The monoisotopic (exact) mass is 499 g/mol. The molecule has 2 atom stereocenters. The Bertz CT molecular complexity index is 896. The van der Waals surface area contributed by atoms with Crippen LogP contribution in [0.15, 0.2) is 24.3 Å². The van der Waals surface area contributed by atoms with E-state index in [1.54, 1.807) is 25.7 Å². The normalized spacial score (nSPS) is 18.3. The second kappa shape index (κ2) is 12.1. The van der Waals surface area contributed by atoms with Gasteiger partial charge in [0.05, 0.1) is 0 Å². The lowest BCUT2D eigenvalue weighted by Crippen LogP contribution is -2.54. The van der Waals surface area contributed by atoms with E-state index in [2.05, 4.69) is 10.6 Å². The minimum Gasteiger partial charge on any atom is -0.444 e. The first-order chi connectivity index (χ1) is 16.9. The molecule has 2 aliphatic rings. The van der Waals surface area contributed by atoms with Gasteiger partial charge >= 0.3 is 6.09 Å². The smallest absolute Gasteiger partial charge is 0.408 e. The van der Waals surface area contributed by atoms with Crippen molar-refractivity contribution < 1.29 is 19.1 Å². The third-order valence-corrected chi connectivity index (χ3v) is 6.76. The molecule has 3 rings (SSSR count). The lowest BCUT2D eigenvalue weighted by molar-refractivity contribution is -0.143. The van der Waals surface area contributed by atoms with E-state index in [0.717, 1.165) is 49.7 Å². The SMILES string of the molecule is Cc1ccc(C(C(=O)NC2CCCCC2)N(C(=O)C(CC(C)C)NC(=O)OC(C)(C)C)C2CC2)cc1. The van der Waals surface area contributed by atoms with Gasteiger partial charge in [-0.05, 0) is 71.3 Å². The molecule has 0 saturated heterocycles. The van der Waals surface area contributed by atoms with Gasteiger partial charge in [0.25, 0.3) is 0 Å². The lowest BCUT2D eigenvalue weighted by Gasteiger charge is -2.36. The van der Waals surface area contributed by atoms with Gasteiger partial charge in [0.2, 0.25) is 11.8 Å². The summed E-state index contributed by atoms with van der Waals surface area (Å²) in [5.41, 5.74) is 1.23. The Morgan fingerprint density at radius 1 is 1.00 bits per heavy atom. The first kappa shape index (κ1) is 28.0. The number of hydrogen-bond donors (Lipinski definition) is 2. The Labute approximate surface area is 216 Å². The molecule has 0 bridgehead atoms. The Hall–Kier alpha value is -2.57. The van der Waals surface area contributed by atoms with Crippen molar-refractivity contribution in [1.82, 2.24) is 15.5 Å². The van der Waals surface area contributed by atoms with Crippen LogP contribution >= 0.6 is 0 Å². The molecule has 2 N–H and O–H groups in total. The highest BCUT2D eigenvalue weighted by atomic mass is 16.6. The number of ether oxygens (including phenoxy) is 1. The van der Waals surface area contributed by atoms with E-state index in [0.29, 0.717) is 6.42 Å². The maximum absolute atomic E-state index is 14.1. The quantitative estimate of drug-likeness (QED) is 0.475. The number of benzene rings is 1. The van der Waals surface area contributed by atoms with Crippen molar-refractivity contribution in [3.05, 3.63) is 35.4 Å². The standard InChI is InChI=1S/C29H45N3O4/c1-19(2)18-24(31-28(35)36-29(4,5)6)27(34)32(23-16-17-23)25(21-14-12-20(3)13-15-21)26(33)30-22-10-8-7-9-11-22/h12-15,19,22-25H,7-11,16-18H2,1-6H3,(H,30,33)(H,31,35). The molecule has 0 aliphatic heterocycles. The van der Waals surface area contributed by atoms with Crippen LogP contribution in [0.4, 0.5) is 4.79 Å². The van der Waals surface area contributed by atoms with Crippen molar-refractivity contribution in [3.8, 4) is 0 Å². The maximum Gasteiger partial charge on any atom is 0.408 e. The van der Waals surface area contributed by atoms with Gasteiger partial charge in [0.1, 0.15) is 17.7 Å². The van der Waals surface area contributed by atoms with Crippen LogP contribution in [0.2, 0.25) is 0 Å². The summed E-state index contributed by atoms with van der Waals surface area (Å²) in [6.07, 6.45) is 6.93. The van der Waals surface area contributed by atoms with Crippen molar-refractivity contribution >= 4 is 17.9 Å². The van der Waals surface area contributed by atoms with Crippen LogP contribution < -0.4 is 10.6 Å². The molecule has 0 heterocycles. The van der Waals surface area contributed by atoms with Crippen LogP contribution in [0.25, 0.3) is 0 Å². The van der Waals surface area contributed by atoms with Crippen LogP contribution in [0.3, 0.4) is 0 Å². The van der Waals surface area contributed by atoms with Crippen LogP contribution in [0.5, 0.6) is 0 Å². The number of carbonyl (C=O) groups excluding carboxylic acids is 3. The van der Waals surface area contributed by atoms with Crippen molar-refractivity contribution in [2.75, 3.05) is 0 Å². The van der Waals surface area contributed by atoms with Gasteiger partial charge in [-0.2, -0.15) is 0 Å². The van der Waals surface area contributed by atoms with Crippen molar-refractivity contribution in [1.29, 1.82) is 0 Å². The Morgan fingerprint density at radius 3 is 2.14 bits per heavy atom. The van der Waals surface area contributed by atoms with E-state index in [4.69, 9.17) is 4.74 Å². The number of amides is 3. The summed E-state index contributed by atoms with van der Waals surface area (Å²) in [7, 11) is 0. The number of nitrogens with zero attached hydrogens (tertiary/aromatic N) is 1. The third kappa shape index (κ3) is 8.24. The molecule has 2 unspecified atom stereocenters. The second-order valence-electron chi connectivity index (χ2n) is 12.0. The molecule has 1 aromatic carbocycles. The molecule has 0 aromatic heterocycles. The first-order valence-corrected chi connectivity index (χ1v) is 13.6. The number of rotatable bonds is 9. The summed E-state index contributed by atoms with van der Waals surface area (Å²) >= 11 is 0. The Morgan fingerprint density at radius 2 is 1.61 bits per heavy atom. The summed E-state index contributed by atoms with van der Waals surface area (Å²) in [6, 6.07) is 6.48. The van der Waals surface area contributed by atoms with Crippen molar-refractivity contribution in [3.63, 3.8) is 0 Å². The molecule has 36 heavy (non-hydrogen) atoms. The average Bonchev–Trinajstić information content (AvgIpc) is 3.61. The third-order valence-electron chi connectivity index (χ3n) is 6.76. The molecular formula is C29H45N3O4. The van der Waals surface area contributed by atoms with Gasteiger partial charge in [-0.25, -0.2) is 4.79 Å². The highest BCUT2D eigenvalue weighted by Crippen LogP contribution is 2.36. The van der Waals surface area contributed by atoms with Gasteiger partial charge in [0.15, 0.2) is 0 Å². The van der Waals surface area contributed by atoms with E-state index in [9.17, 15) is 14.4 Å². The topological polar surface area (TPSA) is 87.7 Å². The molecular weight excluding hydrogens is 454 g/mol. The zero-order valence-corrected chi connectivity index (χ0v) is 22.9. The van der Waals surface area contributed by atoms with E-state index in [-0.39, 0.29) is 29.8 Å². The van der Waals surface area contributed by atoms with Crippen LogP contribution in [-0.4, -0.2) is 46.5 Å². The molecule has 7 heteroatoms. The number of nitrogens with one attached hydrogen (secondary N) is 2. The predicted molar refractivity (Wildman–Crippen MR) is 141 cm³/mol. The van der Waals surface area contributed by atoms with Crippen LogP contribution in [0, 0.1) is 12.8 Å². The van der Waals surface area contributed by atoms with Crippen molar-refractivity contribution in [2.45, 2.75) is 123 Å². The molecule has 2 fully saturated rings. The largest absolute Gasteiger partial charge is 0.444 e. The van der Waals surface area contributed by atoms with Crippen molar-refractivity contribution in [2.24, 2.45) is 5.92 Å². The van der Waals surface area contributed by atoms with Gasteiger partial charge in [0, 0.05) is 12.1 Å². The van der Waals surface area contributed by atoms with Gasteiger partial charge < -0.3 is 20.3 Å². The maximum atomic E-state index is 14.1. The van der Waals surface area contributed by atoms with E-state index in [1.807, 2.05) is 45.0 Å². The molecule has 0 spiro atoms. The molecule has 1 aromatic rings. The number of aryl methyl sites for hydroxylation is 1. The zero-order valence-electron chi connectivity index (χ0n) is 22.9. The summed E-state index contributed by atoms with van der Waals surface area (Å²) in [6.45, 7) is 11.4.